The first-order valence-corrected chi connectivity index (χ1v) is 17.3. The van der Waals surface area contributed by atoms with Crippen LogP contribution in [0.15, 0.2) is 130 Å². The van der Waals surface area contributed by atoms with Crippen molar-refractivity contribution in [1.29, 1.82) is 0 Å². The topological polar surface area (TPSA) is 50.3 Å². The molecule has 1 spiro atoms. The molecule has 0 atom stereocenters. The summed E-state index contributed by atoms with van der Waals surface area (Å²) in [5, 5.41) is 5.52. The highest BCUT2D eigenvalue weighted by molar-refractivity contribution is 7.92. The van der Waals surface area contributed by atoms with Crippen molar-refractivity contribution in [3.63, 3.8) is 0 Å². The summed E-state index contributed by atoms with van der Waals surface area (Å²) in [6.45, 7) is 0. The van der Waals surface area contributed by atoms with E-state index in [1.165, 1.54) is 32.0 Å². The Morgan fingerprint density at radius 3 is 2.21 bits per heavy atom. The Kier molecular flexibility index (Phi) is 4.50. The summed E-state index contributed by atoms with van der Waals surface area (Å²) >= 11 is 3.62. The van der Waals surface area contributed by atoms with Gasteiger partial charge in [-0.15, -0.1) is 22.7 Å². The van der Waals surface area contributed by atoms with Crippen molar-refractivity contribution < 1.29 is 8.42 Å². The molecule has 7 aromatic rings. The third-order valence-corrected chi connectivity index (χ3v) is 13.1. The molecule has 0 unspecified atom stereocenters. The Hall–Kier alpha value is -4.56. The van der Waals surface area contributed by atoms with Crippen molar-refractivity contribution in [2.45, 2.75) is 15.2 Å². The smallest absolute Gasteiger partial charge is 0.207 e. The van der Waals surface area contributed by atoms with Crippen molar-refractivity contribution in [3.8, 4) is 20.9 Å². The summed E-state index contributed by atoms with van der Waals surface area (Å²) in [5.41, 5.74) is 10.1. The van der Waals surface area contributed by atoms with Gasteiger partial charge in [-0.2, -0.15) is 0 Å². The molecule has 3 aromatic heterocycles. The molecule has 0 amide bonds. The number of hydrogen-bond donors (Lipinski definition) is 0. The second-order valence-electron chi connectivity index (χ2n) is 11.2. The van der Waals surface area contributed by atoms with Crippen LogP contribution in [0.2, 0.25) is 0 Å². The monoisotopic (exact) mass is 608 g/mol. The second-order valence-corrected chi connectivity index (χ2v) is 14.9. The van der Waals surface area contributed by atoms with E-state index in [1.54, 1.807) is 18.2 Å². The number of fused-ring (bicyclic) bond motifs is 13. The highest BCUT2D eigenvalue weighted by atomic mass is 32.2. The van der Waals surface area contributed by atoms with Crippen molar-refractivity contribution in [3.05, 3.63) is 142 Å². The minimum Gasteiger partial charge on any atom is -0.310 e. The van der Waals surface area contributed by atoms with Crippen LogP contribution < -0.4 is 4.90 Å². The molecule has 10 rings (SSSR count). The van der Waals surface area contributed by atoms with Crippen LogP contribution in [0.4, 0.5) is 17.1 Å². The number of sulfone groups is 1. The number of pyridine rings is 1. The molecular formula is C36H20N2O2S3. The van der Waals surface area contributed by atoms with Crippen LogP contribution in [0.3, 0.4) is 0 Å². The molecule has 1 aliphatic carbocycles. The molecule has 5 heterocycles. The molecule has 7 heteroatoms. The van der Waals surface area contributed by atoms with Crippen molar-refractivity contribution in [1.82, 2.24) is 4.98 Å². The summed E-state index contributed by atoms with van der Waals surface area (Å²) in [5.74, 6) is 0. The number of nitrogens with zero attached hydrogens (tertiary/aromatic N) is 2. The zero-order valence-corrected chi connectivity index (χ0v) is 24.9. The Balaban J connectivity index is 1.33. The average Bonchev–Trinajstić information content (AvgIpc) is 3.80. The Morgan fingerprint density at radius 1 is 0.628 bits per heavy atom. The van der Waals surface area contributed by atoms with Gasteiger partial charge in [0.15, 0.2) is 0 Å². The van der Waals surface area contributed by atoms with Gasteiger partial charge in [-0.25, -0.2) is 8.42 Å². The summed E-state index contributed by atoms with van der Waals surface area (Å²) < 4.78 is 26.9. The van der Waals surface area contributed by atoms with Gasteiger partial charge < -0.3 is 4.90 Å². The normalized spacial score (nSPS) is 16.0. The molecule has 0 radical (unpaired) electrons. The predicted octanol–water partition coefficient (Wildman–Crippen LogP) is 9.32. The lowest BCUT2D eigenvalue weighted by Crippen LogP contribution is -2.35. The van der Waals surface area contributed by atoms with Crippen LogP contribution in [0, 0.1) is 0 Å². The van der Waals surface area contributed by atoms with Crippen LogP contribution >= 0.6 is 22.7 Å². The molecule has 204 valence electrons. The molecule has 3 aliphatic rings. The van der Waals surface area contributed by atoms with E-state index < -0.39 is 15.3 Å². The van der Waals surface area contributed by atoms with Gasteiger partial charge in [0.1, 0.15) is 0 Å². The van der Waals surface area contributed by atoms with Crippen LogP contribution in [-0.2, 0) is 15.3 Å². The molecule has 0 fully saturated rings. The van der Waals surface area contributed by atoms with Gasteiger partial charge in [0, 0.05) is 38.2 Å². The molecule has 4 aromatic carbocycles. The first-order valence-electron chi connectivity index (χ1n) is 14.0. The van der Waals surface area contributed by atoms with E-state index >= 15 is 0 Å². The summed E-state index contributed by atoms with van der Waals surface area (Å²) in [6.07, 6.45) is 1.84. The maximum Gasteiger partial charge on any atom is 0.207 e. The third kappa shape index (κ3) is 2.81. The molecule has 0 saturated heterocycles. The van der Waals surface area contributed by atoms with Crippen molar-refractivity contribution in [2.75, 3.05) is 4.90 Å². The molecule has 0 N–H and O–H groups in total. The largest absolute Gasteiger partial charge is 0.310 e. The van der Waals surface area contributed by atoms with Crippen molar-refractivity contribution >= 4 is 60.5 Å². The van der Waals surface area contributed by atoms with Gasteiger partial charge in [0.25, 0.3) is 0 Å². The van der Waals surface area contributed by atoms with Crippen LogP contribution in [0.5, 0.6) is 0 Å². The molecule has 4 nitrogen and oxygen atoms in total. The van der Waals surface area contributed by atoms with E-state index in [4.69, 9.17) is 4.98 Å². The van der Waals surface area contributed by atoms with E-state index in [9.17, 15) is 8.42 Å². The first kappa shape index (κ1) is 23.9. The Bertz CT molecular complexity index is 2410. The lowest BCUT2D eigenvalue weighted by molar-refractivity contribution is 0.598. The number of hydrogen-bond acceptors (Lipinski definition) is 6. The molecule has 2 aliphatic heterocycles. The quantitative estimate of drug-likeness (QED) is 0.186. The minimum atomic E-state index is -3.56. The van der Waals surface area contributed by atoms with Crippen LogP contribution in [0.25, 0.3) is 31.8 Å². The van der Waals surface area contributed by atoms with Crippen LogP contribution in [-0.4, -0.2) is 13.4 Å². The Morgan fingerprint density at radius 2 is 1.37 bits per heavy atom. The van der Waals surface area contributed by atoms with Crippen LogP contribution in [0.1, 0.15) is 22.3 Å². The van der Waals surface area contributed by atoms with Gasteiger partial charge in [-0.1, -0.05) is 42.5 Å². The summed E-state index contributed by atoms with van der Waals surface area (Å²) in [4.78, 5) is 10.5. The number of anilines is 3. The summed E-state index contributed by atoms with van der Waals surface area (Å²) in [6, 6.07) is 35.0. The number of para-hydroxylation sites is 1. The van der Waals surface area contributed by atoms with Gasteiger partial charge in [-0.3, -0.25) is 4.98 Å². The molecular weight excluding hydrogens is 589 g/mol. The highest BCUT2D eigenvalue weighted by Crippen LogP contribution is 2.66. The summed E-state index contributed by atoms with van der Waals surface area (Å²) in [7, 11) is -3.56. The van der Waals surface area contributed by atoms with E-state index in [0.29, 0.717) is 9.79 Å². The fourth-order valence-electron chi connectivity index (χ4n) is 7.56. The molecule has 43 heavy (non-hydrogen) atoms. The van der Waals surface area contributed by atoms with E-state index in [-0.39, 0.29) is 0 Å². The zero-order chi connectivity index (χ0) is 28.5. The fraction of sp³-hybridized carbons (Fsp3) is 0.0278. The second kappa shape index (κ2) is 8.08. The fourth-order valence-corrected chi connectivity index (χ4v) is 11.3. The molecule has 0 saturated carbocycles. The van der Waals surface area contributed by atoms with Gasteiger partial charge in [0.05, 0.1) is 32.1 Å². The van der Waals surface area contributed by atoms with Gasteiger partial charge >= 0.3 is 0 Å². The lowest BCUT2D eigenvalue weighted by Gasteiger charge is -2.44. The predicted molar refractivity (Wildman–Crippen MR) is 174 cm³/mol. The van der Waals surface area contributed by atoms with E-state index in [0.717, 1.165) is 39.1 Å². The minimum absolute atomic E-state index is 0.362. The van der Waals surface area contributed by atoms with Gasteiger partial charge in [-0.05, 0) is 93.7 Å². The van der Waals surface area contributed by atoms with Crippen molar-refractivity contribution in [2.24, 2.45) is 0 Å². The number of thiophene rings is 2. The highest BCUT2D eigenvalue weighted by Gasteiger charge is 2.53. The Labute approximate surface area is 256 Å². The number of benzene rings is 4. The SMILES string of the molecule is O=S1(=O)c2ccccc2-c2cc(N3c4ccccc4C4(c5cc6cccnc6cc53)c3ccsc3-c3sccc34)ccc21. The lowest BCUT2D eigenvalue weighted by atomic mass is 9.65. The maximum absolute atomic E-state index is 13.4. The van der Waals surface area contributed by atoms with E-state index in [2.05, 4.69) is 70.3 Å². The first-order chi connectivity index (χ1) is 21.1. The standard InChI is InChI=1S/C36H20N2O2S3/c39-43(40)32-10-4-1-7-23(32)24-19-22(11-12-33(24)43)38-30-9-3-2-8-25(30)36(26-13-16-41-34(26)35-27(36)14-17-42-35)28-18-21-6-5-15-37-29(21)20-31(28)38/h1-20H. The zero-order valence-electron chi connectivity index (χ0n) is 22.5. The number of aromatic nitrogens is 1. The number of rotatable bonds is 1. The third-order valence-electron chi connectivity index (χ3n) is 9.24. The molecule has 0 bridgehead atoms. The van der Waals surface area contributed by atoms with Gasteiger partial charge in [0.2, 0.25) is 9.84 Å². The van der Waals surface area contributed by atoms with E-state index in [1.807, 2.05) is 59.2 Å². The average molecular weight is 609 g/mol. The maximum atomic E-state index is 13.4.